The monoisotopic (exact) mass is 283 g/mol. The zero-order valence-electron chi connectivity index (χ0n) is 11.9. The first-order chi connectivity index (χ1) is 10.3. The van der Waals surface area contributed by atoms with E-state index in [2.05, 4.69) is 15.3 Å². The Morgan fingerprint density at radius 2 is 2.05 bits per heavy atom. The summed E-state index contributed by atoms with van der Waals surface area (Å²) in [5.41, 5.74) is 2.70. The zero-order valence-corrected chi connectivity index (χ0v) is 11.9. The van der Waals surface area contributed by atoms with Gasteiger partial charge in [0.2, 0.25) is 0 Å². The van der Waals surface area contributed by atoms with Gasteiger partial charge < -0.3 is 10.1 Å². The molecule has 1 aromatic heterocycles. The lowest BCUT2D eigenvalue weighted by Gasteiger charge is -2.09. The highest BCUT2D eigenvalue weighted by Crippen LogP contribution is 2.25. The fourth-order valence-electron chi connectivity index (χ4n) is 2.52. The van der Waals surface area contributed by atoms with Crippen molar-refractivity contribution in [3.8, 4) is 5.75 Å². The molecule has 3 rings (SSSR count). The molecule has 0 atom stereocenters. The second-order valence-electron chi connectivity index (χ2n) is 4.91. The summed E-state index contributed by atoms with van der Waals surface area (Å²) in [4.78, 5) is 20.7. The van der Waals surface area contributed by atoms with Gasteiger partial charge in [0.25, 0.3) is 5.91 Å². The highest BCUT2D eigenvalue weighted by molar-refractivity contribution is 6.04. The van der Waals surface area contributed by atoms with Crippen LogP contribution in [0.4, 0.5) is 5.82 Å². The number of carbonyl (C=O) groups excluding carboxylic acids is 1. The van der Waals surface area contributed by atoms with Crippen LogP contribution in [0, 0.1) is 0 Å². The predicted octanol–water partition coefficient (Wildman–Crippen LogP) is 2.62. The van der Waals surface area contributed by atoms with Crippen LogP contribution < -0.4 is 10.1 Å². The first kappa shape index (κ1) is 13.5. The normalized spacial score (nSPS) is 12.8. The van der Waals surface area contributed by atoms with Crippen LogP contribution in [0.15, 0.2) is 30.6 Å². The van der Waals surface area contributed by atoms with E-state index in [0.29, 0.717) is 18.0 Å². The fraction of sp³-hybridized carbons (Fsp3) is 0.312. The number of ether oxygens (including phenoxy) is 1. The molecule has 1 aromatic carbocycles. The minimum atomic E-state index is -0.161. The Morgan fingerprint density at radius 3 is 2.81 bits per heavy atom. The number of benzene rings is 1. The Kier molecular flexibility index (Phi) is 3.81. The van der Waals surface area contributed by atoms with E-state index in [1.54, 1.807) is 24.3 Å². The van der Waals surface area contributed by atoms with Crippen LogP contribution in [0.5, 0.6) is 5.75 Å². The number of carbonyl (C=O) groups is 1. The summed E-state index contributed by atoms with van der Waals surface area (Å²) in [6.07, 6.45) is 4.47. The molecular weight excluding hydrogens is 266 g/mol. The maximum atomic E-state index is 12.3. The molecule has 2 aromatic rings. The average molecular weight is 283 g/mol. The van der Waals surface area contributed by atoms with Crippen LogP contribution in [-0.2, 0) is 12.8 Å². The van der Waals surface area contributed by atoms with Crippen molar-refractivity contribution >= 4 is 11.7 Å². The van der Waals surface area contributed by atoms with E-state index in [1.165, 1.54) is 6.33 Å². The third-order valence-electron chi connectivity index (χ3n) is 3.53. The Labute approximate surface area is 123 Å². The van der Waals surface area contributed by atoms with Crippen molar-refractivity contribution in [2.75, 3.05) is 11.9 Å². The van der Waals surface area contributed by atoms with Gasteiger partial charge in [-0.05, 0) is 50.5 Å². The molecule has 1 aliphatic rings. The minimum Gasteiger partial charge on any atom is -0.494 e. The van der Waals surface area contributed by atoms with Crippen molar-refractivity contribution in [1.82, 2.24) is 9.97 Å². The molecule has 0 bridgehead atoms. The first-order valence-corrected chi connectivity index (χ1v) is 7.15. The molecule has 0 radical (unpaired) electrons. The van der Waals surface area contributed by atoms with E-state index in [4.69, 9.17) is 4.74 Å². The van der Waals surface area contributed by atoms with E-state index < -0.39 is 0 Å². The van der Waals surface area contributed by atoms with Crippen LogP contribution in [0.1, 0.15) is 35.0 Å². The zero-order chi connectivity index (χ0) is 14.7. The Morgan fingerprint density at radius 1 is 1.24 bits per heavy atom. The molecule has 0 saturated heterocycles. The van der Waals surface area contributed by atoms with Crippen molar-refractivity contribution < 1.29 is 9.53 Å². The first-order valence-electron chi connectivity index (χ1n) is 7.15. The van der Waals surface area contributed by atoms with E-state index in [9.17, 15) is 4.79 Å². The minimum absolute atomic E-state index is 0.161. The number of amides is 1. The summed E-state index contributed by atoms with van der Waals surface area (Å²) >= 11 is 0. The summed E-state index contributed by atoms with van der Waals surface area (Å²) < 4.78 is 5.37. The molecule has 1 amide bonds. The van der Waals surface area contributed by atoms with Gasteiger partial charge in [-0.25, -0.2) is 9.97 Å². The number of aromatic nitrogens is 2. The van der Waals surface area contributed by atoms with Crippen molar-refractivity contribution in [1.29, 1.82) is 0 Å². The van der Waals surface area contributed by atoms with Crippen LogP contribution in [0.2, 0.25) is 0 Å². The van der Waals surface area contributed by atoms with Gasteiger partial charge in [0, 0.05) is 16.8 Å². The lowest BCUT2D eigenvalue weighted by Crippen LogP contribution is -2.14. The second kappa shape index (κ2) is 5.91. The predicted molar refractivity (Wildman–Crippen MR) is 79.6 cm³/mol. The molecule has 1 N–H and O–H groups in total. The molecule has 0 saturated carbocycles. The molecule has 0 fully saturated rings. The lowest BCUT2D eigenvalue weighted by atomic mass is 10.2. The summed E-state index contributed by atoms with van der Waals surface area (Å²) in [6.45, 7) is 2.54. The molecule has 0 unspecified atom stereocenters. The number of anilines is 1. The van der Waals surface area contributed by atoms with Gasteiger partial charge in [0.1, 0.15) is 17.9 Å². The highest BCUT2D eigenvalue weighted by Gasteiger charge is 2.18. The van der Waals surface area contributed by atoms with Gasteiger partial charge in [0.15, 0.2) is 0 Å². The van der Waals surface area contributed by atoms with E-state index in [-0.39, 0.29) is 5.91 Å². The smallest absolute Gasteiger partial charge is 0.256 e. The maximum Gasteiger partial charge on any atom is 0.256 e. The largest absolute Gasteiger partial charge is 0.494 e. The molecule has 5 heteroatoms. The molecule has 1 aliphatic carbocycles. The number of hydrogen-bond acceptors (Lipinski definition) is 4. The third-order valence-corrected chi connectivity index (χ3v) is 3.53. The van der Waals surface area contributed by atoms with E-state index in [1.807, 2.05) is 6.92 Å². The van der Waals surface area contributed by atoms with Gasteiger partial charge in [-0.3, -0.25) is 4.79 Å². The quantitative estimate of drug-likeness (QED) is 0.936. The number of rotatable bonds is 4. The van der Waals surface area contributed by atoms with Gasteiger partial charge in [-0.2, -0.15) is 0 Å². The Balaban J connectivity index is 1.76. The molecule has 0 aliphatic heterocycles. The number of nitrogens with zero attached hydrogens (tertiary/aromatic N) is 2. The summed E-state index contributed by atoms with van der Waals surface area (Å²) in [5.74, 6) is 1.24. The van der Waals surface area contributed by atoms with Crippen LogP contribution in [0.25, 0.3) is 0 Å². The van der Waals surface area contributed by atoms with Gasteiger partial charge >= 0.3 is 0 Å². The van der Waals surface area contributed by atoms with Gasteiger partial charge in [-0.1, -0.05) is 0 Å². The van der Waals surface area contributed by atoms with Crippen LogP contribution >= 0.6 is 0 Å². The number of hydrogen-bond donors (Lipinski definition) is 1. The second-order valence-corrected chi connectivity index (χ2v) is 4.91. The molecule has 21 heavy (non-hydrogen) atoms. The molecular formula is C16H17N3O2. The summed E-state index contributed by atoms with van der Waals surface area (Å²) in [7, 11) is 0. The standard InChI is InChI=1S/C16H17N3O2/c1-2-21-12-8-6-11(7-9-12)16(20)19-15-13-4-3-5-14(13)17-10-18-15/h6-10H,2-5H2,1H3,(H,17,18,19,20). The topological polar surface area (TPSA) is 64.1 Å². The molecule has 1 heterocycles. The number of fused-ring (bicyclic) bond motifs is 1. The Hall–Kier alpha value is -2.43. The number of nitrogens with one attached hydrogen (secondary N) is 1. The van der Waals surface area contributed by atoms with Crippen molar-refractivity contribution in [2.24, 2.45) is 0 Å². The van der Waals surface area contributed by atoms with Crippen LogP contribution in [0.3, 0.4) is 0 Å². The van der Waals surface area contributed by atoms with Crippen molar-refractivity contribution in [3.05, 3.63) is 47.4 Å². The summed E-state index contributed by atoms with van der Waals surface area (Å²) in [6, 6.07) is 7.09. The molecule has 0 spiro atoms. The van der Waals surface area contributed by atoms with Crippen molar-refractivity contribution in [3.63, 3.8) is 0 Å². The molecule has 108 valence electrons. The lowest BCUT2D eigenvalue weighted by molar-refractivity contribution is 0.102. The third kappa shape index (κ3) is 2.86. The van der Waals surface area contributed by atoms with Crippen LogP contribution in [-0.4, -0.2) is 22.5 Å². The summed E-state index contributed by atoms with van der Waals surface area (Å²) in [5, 5.41) is 2.88. The van der Waals surface area contributed by atoms with E-state index in [0.717, 1.165) is 36.3 Å². The average Bonchev–Trinajstić information content (AvgIpc) is 2.98. The van der Waals surface area contributed by atoms with Gasteiger partial charge in [-0.15, -0.1) is 0 Å². The van der Waals surface area contributed by atoms with Gasteiger partial charge in [0.05, 0.1) is 6.61 Å². The Bertz CT molecular complexity index is 653. The fourth-order valence-corrected chi connectivity index (χ4v) is 2.52. The molecule has 5 nitrogen and oxygen atoms in total. The SMILES string of the molecule is CCOc1ccc(C(=O)Nc2ncnc3c2CCC3)cc1. The number of aryl methyl sites for hydroxylation is 1. The van der Waals surface area contributed by atoms with E-state index >= 15 is 0 Å². The van der Waals surface area contributed by atoms with Crippen molar-refractivity contribution in [2.45, 2.75) is 26.2 Å². The highest BCUT2D eigenvalue weighted by atomic mass is 16.5. The maximum absolute atomic E-state index is 12.3.